The largest absolute Gasteiger partial charge is 0.417 e. The fourth-order valence-electron chi connectivity index (χ4n) is 4.26. The third-order valence-corrected chi connectivity index (χ3v) is 9.00. The molecule has 0 unspecified atom stereocenters. The van der Waals surface area contributed by atoms with Crippen LogP contribution >= 0.6 is 11.6 Å². The number of anilines is 1. The van der Waals surface area contributed by atoms with Gasteiger partial charge in [-0.1, -0.05) is 67.4 Å². The molecule has 1 atom stereocenters. The van der Waals surface area contributed by atoms with Gasteiger partial charge in [0.1, 0.15) is 12.6 Å². The zero-order chi connectivity index (χ0) is 32.1. The van der Waals surface area contributed by atoms with Crippen LogP contribution < -0.4 is 9.62 Å². The number of sulfonamides is 1. The number of carbonyl (C=O) groups is 2. The van der Waals surface area contributed by atoms with E-state index in [1.54, 1.807) is 31.2 Å². The summed E-state index contributed by atoms with van der Waals surface area (Å²) >= 11 is 5.82. The molecule has 1 N–H and O–H groups in total. The van der Waals surface area contributed by atoms with E-state index in [1.807, 2.05) is 32.9 Å². The van der Waals surface area contributed by atoms with E-state index in [9.17, 15) is 31.2 Å². The Bertz CT molecular complexity index is 1560. The first-order valence-corrected chi connectivity index (χ1v) is 15.4. The molecule has 3 aromatic carbocycles. The van der Waals surface area contributed by atoms with E-state index in [1.165, 1.54) is 24.0 Å². The number of hydrogen-bond donors (Lipinski definition) is 1. The van der Waals surface area contributed by atoms with Crippen LogP contribution in [0, 0.1) is 19.8 Å². The number of nitrogens with zero attached hydrogens (tertiary/aromatic N) is 2. The summed E-state index contributed by atoms with van der Waals surface area (Å²) in [5.41, 5.74) is 0.669. The third-order valence-electron chi connectivity index (χ3n) is 6.88. The van der Waals surface area contributed by atoms with Gasteiger partial charge in [-0.25, -0.2) is 8.42 Å². The van der Waals surface area contributed by atoms with E-state index in [4.69, 9.17) is 11.6 Å². The molecule has 0 aliphatic rings. The maximum absolute atomic E-state index is 14.0. The number of nitrogens with one attached hydrogen (secondary N) is 1. The zero-order valence-corrected chi connectivity index (χ0v) is 26.1. The van der Waals surface area contributed by atoms with Gasteiger partial charge in [0.2, 0.25) is 11.8 Å². The summed E-state index contributed by atoms with van der Waals surface area (Å²) in [7, 11) is -4.55. The highest BCUT2D eigenvalue weighted by atomic mass is 35.5. The molecule has 12 heteroatoms. The Kier molecular flexibility index (Phi) is 10.9. The fraction of sp³-hybridized carbons (Fsp3) is 0.355. The van der Waals surface area contributed by atoms with Crippen molar-refractivity contribution in [3.63, 3.8) is 0 Å². The molecule has 0 aliphatic carbocycles. The molecule has 0 saturated carbocycles. The maximum Gasteiger partial charge on any atom is 0.417 e. The van der Waals surface area contributed by atoms with E-state index in [0.29, 0.717) is 16.9 Å². The van der Waals surface area contributed by atoms with Gasteiger partial charge in [0.25, 0.3) is 10.0 Å². The van der Waals surface area contributed by atoms with Gasteiger partial charge in [0, 0.05) is 13.1 Å². The molecule has 0 aliphatic heterocycles. The topological polar surface area (TPSA) is 86.8 Å². The van der Waals surface area contributed by atoms with E-state index in [-0.39, 0.29) is 17.4 Å². The standard InChI is InChI=1S/C31H35ClF3N3O4S/c1-20(2)17-36-30(40)23(5)37(18-24-9-7-6-8-22(24)4)29(39)19-38(43(41,42)26-13-10-21(3)11-14-26)25-12-15-28(32)27(16-25)31(33,34)35/h6-16,20,23H,17-19H2,1-5H3,(H,36,40)/t23-/m0/s1. The van der Waals surface area contributed by atoms with Gasteiger partial charge in [0.05, 0.1) is 21.2 Å². The van der Waals surface area contributed by atoms with Crippen molar-refractivity contribution in [2.45, 2.75) is 58.3 Å². The fourth-order valence-corrected chi connectivity index (χ4v) is 5.89. The van der Waals surface area contributed by atoms with Gasteiger partial charge in [-0.05, 0) is 68.1 Å². The lowest BCUT2D eigenvalue weighted by Gasteiger charge is -2.32. The second kappa shape index (κ2) is 13.8. The normalized spacial score (nSPS) is 12.6. The van der Waals surface area contributed by atoms with Crippen LogP contribution in [0.5, 0.6) is 0 Å². The molecule has 43 heavy (non-hydrogen) atoms. The van der Waals surface area contributed by atoms with Crippen molar-refractivity contribution in [3.8, 4) is 0 Å². The maximum atomic E-state index is 14.0. The number of alkyl halides is 3. The van der Waals surface area contributed by atoms with Crippen LogP contribution in [0.1, 0.15) is 43.0 Å². The van der Waals surface area contributed by atoms with Crippen LogP contribution in [-0.2, 0) is 32.3 Å². The highest BCUT2D eigenvalue weighted by Crippen LogP contribution is 2.38. The van der Waals surface area contributed by atoms with E-state index in [2.05, 4.69) is 5.32 Å². The lowest BCUT2D eigenvalue weighted by molar-refractivity contribution is -0.139. The molecule has 3 rings (SSSR count). The van der Waals surface area contributed by atoms with Crippen molar-refractivity contribution in [2.24, 2.45) is 5.92 Å². The van der Waals surface area contributed by atoms with Gasteiger partial charge in [-0.3, -0.25) is 13.9 Å². The quantitative estimate of drug-likeness (QED) is 0.265. The number of amides is 2. The second-order valence-corrected chi connectivity index (χ2v) is 13.0. The van der Waals surface area contributed by atoms with E-state index >= 15 is 0 Å². The Balaban J connectivity index is 2.12. The number of rotatable bonds is 11. The molecule has 0 aromatic heterocycles. The molecular weight excluding hydrogens is 603 g/mol. The summed E-state index contributed by atoms with van der Waals surface area (Å²) < 4.78 is 69.8. The highest BCUT2D eigenvalue weighted by molar-refractivity contribution is 7.92. The molecule has 7 nitrogen and oxygen atoms in total. The predicted octanol–water partition coefficient (Wildman–Crippen LogP) is 6.36. The summed E-state index contributed by atoms with van der Waals surface area (Å²) in [6, 6.07) is 14.6. The lowest BCUT2D eigenvalue weighted by Crippen LogP contribution is -2.51. The first-order valence-electron chi connectivity index (χ1n) is 13.6. The van der Waals surface area contributed by atoms with Gasteiger partial charge in [-0.2, -0.15) is 13.2 Å². The Labute approximate surface area is 255 Å². The van der Waals surface area contributed by atoms with Crippen molar-refractivity contribution < 1.29 is 31.2 Å². The van der Waals surface area contributed by atoms with Crippen molar-refractivity contribution >= 4 is 39.1 Å². The third kappa shape index (κ3) is 8.51. The first kappa shape index (κ1) is 33.9. The average molecular weight is 638 g/mol. The van der Waals surface area contributed by atoms with Crippen LogP contribution in [0.2, 0.25) is 5.02 Å². The van der Waals surface area contributed by atoms with Crippen molar-refractivity contribution in [2.75, 3.05) is 17.4 Å². The van der Waals surface area contributed by atoms with E-state index in [0.717, 1.165) is 28.8 Å². The lowest BCUT2D eigenvalue weighted by atomic mass is 10.1. The van der Waals surface area contributed by atoms with E-state index < -0.39 is 56.9 Å². The summed E-state index contributed by atoms with van der Waals surface area (Å²) in [4.78, 5) is 28.1. The smallest absolute Gasteiger partial charge is 0.354 e. The molecule has 0 spiro atoms. The molecule has 0 bridgehead atoms. The molecule has 0 saturated heterocycles. The summed E-state index contributed by atoms with van der Waals surface area (Å²) in [5.74, 6) is -1.09. The second-order valence-electron chi connectivity index (χ2n) is 10.7. The number of aryl methyl sites for hydroxylation is 2. The number of benzene rings is 3. The SMILES string of the molecule is Cc1ccc(S(=O)(=O)N(CC(=O)N(Cc2ccccc2C)[C@@H](C)C(=O)NCC(C)C)c2ccc(Cl)c(C(F)(F)F)c2)cc1. The van der Waals surface area contributed by atoms with Crippen molar-refractivity contribution in [1.82, 2.24) is 10.2 Å². The number of halogens is 4. The van der Waals surface area contributed by atoms with Gasteiger partial charge < -0.3 is 10.2 Å². The number of carbonyl (C=O) groups excluding carboxylic acids is 2. The Morgan fingerprint density at radius 3 is 2.16 bits per heavy atom. The Morgan fingerprint density at radius 1 is 0.953 bits per heavy atom. The predicted molar refractivity (Wildman–Crippen MR) is 161 cm³/mol. The zero-order valence-electron chi connectivity index (χ0n) is 24.6. The van der Waals surface area contributed by atoms with Crippen molar-refractivity contribution in [1.29, 1.82) is 0 Å². The minimum absolute atomic E-state index is 0.0331. The monoisotopic (exact) mass is 637 g/mol. The van der Waals surface area contributed by atoms with Crippen LogP contribution in [0.15, 0.2) is 71.6 Å². The molecule has 0 radical (unpaired) electrons. The molecule has 0 fully saturated rings. The van der Waals surface area contributed by atoms with Crippen LogP contribution in [-0.4, -0.2) is 44.3 Å². The average Bonchev–Trinajstić information content (AvgIpc) is 2.93. The van der Waals surface area contributed by atoms with Crippen LogP contribution in [0.3, 0.4) is 0 Å². The number of hydrogen-bond acceptors (Lipinski definition) is 4. The molecule has 0 heterocycles. The molecule has 2 amide bonds. The van der Waals surface area contributed by atoms with Crippen molar-refractivity contribution in [3.05, 3.63) is 94.0 Å². The minimum atomic E-state index is -4.88. The molecule has 3 aromatic rings. The summed E-state index contributed by atoms with van der Waals surface area (Å²) in [6.45, 7) is 8.39. The molecule has 232 valence electrons. The Morgan fingerprint density at radius 2 is 1.58 bits per heavy atom. The van der Waals surface area contributed by atoms with Crippen LogP contribution in [0.4, 0.5) is 18.9 Å². The molecular formula is C31H35ClF3N3O4S. The van der Waals surface area contributed by atoms with Gasteiger partial charge >= 0.3 is 6.18 Å². The minimum Gasteiger partial charge on any atom is -0.354 e. The van der Waals surface area contributed by atoms with Gasteiger partial charge in [-0.15, -0.1) is 0 Å². The summed E-state index contributed by atoms with van der Waals surface area (Å²) in [6.07, 6.45) is -4.88. The van der Waals surface area contributed by atoms with Gasteiger partial charge in [0.15, 0.2) is 0 Å². The summed E-state index contributed by atoms with van der Waals surface area (Å²) in [5, 5.41) is 2.17. The first-order chi connectivity index (χ1) is 20.0. The Hall–Kier alpha value is -3.57. The highest BCUT2D eigenvalue weighted by Gasteiger charge is 2.37. The van der Waals surface area contributed by atoms with Crippen LogP contribution in [0.25, 0.3) is 0 Å².